The topological polar surface area (TPSA) is 86.1 Å². The largest absolute Gasteiger partial charge is 0.343 e. The molecule has 1 aromatic heterocycles. The van der Waals surface area contributed by atoms with Crippen molar-refractivity contribution in [3.05, 3.63) is 64.4 Å². The van der Waals surface area contributed by atoms with Crippen LogP contribution in [0.2, 0.25) is 5.02 Å². The van der Waals surface area contributed by atoms with E-state index in [-0.39, 0.29) is 0 Å². The van der Waals surface area contributed by atoms with Gasteiger partial charge in [-0.2, -0.15) is 5.26 Å². The third-order valence-corrected chi connectivity index (χ3v) is 5.96. The molecule has 32 heavy (non-hydrogen) atoms. The highest BCUT2D eigenvalue weighted by molar-refractivity contribution is 6.30. The molecule has 1 aliphatic carbocycles. The van der Waals surface area contributed by atoms with Gasteiger partial charge in [-0.1, -0.05) is 23.7 Å². The maximum atomic E-state index is 13.6. The predicted molar refractivity (Wildman–Crippen MR) is 115 cm³/mol. The minimum atomic E-state index is -3.10. The lowest BCUT2D eigenvalue weighted by atomic mass is 9.79. The third kappa shape index (κ3) is 4.34. The summed E-state index contributed by atoms with van der Waals surface area (Å²) in [7, 11) is 0. The van der Waals surface area contributed by atoms with Crippen LogP contribution < -0.4 is 5.32 Å². The standard InChI is InChI=1S/C23H19ClF2N4O2/c24-15-3-1-14(2-4-15)17-5-6-18(17)20-11-28-8-7-19(20)22(32)29-12-21(31)30-13-23(25,26)9-16(30)10-27/h1-4,7-8,11,16H,5-6,9,12-13H2,(H,29,32). The molecule has 2 aliphatic rings. The second kappa shape index (κ2) is 8.67. The Morgan fingerprint density at radius 2 is 1.94 bits per heavy atom. The van der Waals surface area contributed by atoms with Crippen LogP contribution in [0.1, 0.15) is 40.7 Å². The van der Waals surface area contributed by atoms with Crippen LogP contribution in [0.15, 0.2) is 42.7 Å². The third-order valence-electron chi connectivity index (χ3n) is 5.71. The first kappa shape index (κ1) is 21.9. The van der Waals surface area contributed by atoms with E-state index in [1.807, 2.05) is 12.1 Å². The first-order chi connectivity index (χ1) is 15.3. The number of carbonyl (C=O) groups excluding carboxylic acids is 2. The van der Waals surface area contributed by atoms with Crippen LogP contribution in [0.5, 0.6) is 0 Å². The lowest BCUT2D eigenvalue weighted by Gasteiger charge is -2.26. The number of pyridine rings is 1. The molecule has 0 bridgehead atoms. The predicted octanol–water partition coefficient (Wildman–Crippen LogP) is 3.93. The van der Waals surface area contributed by atoms with E-state index in [1.165, 1.54) is 6.20 Å². The quantitative estimate of drug-likeness (QED) is 0.738. The van der Waals surface area contributed by atoms with Crippen molar-refractivity contribution in [3.8, 4) is 6.07 Å². The summed E-state index contributed by atoms with van der Waals surface area (Å²) in [4.78, 5) is 30.2. The number of nitrogens with one attached hydrogen (secondary N) is 1. The molecule has 1 N–H and O–H groups in total. The number of carbonyl (C=O) groups is 2. The molecule has 1 unspecified atom stereocenters. The molecule has 1 atom stereocenters. The fourth-order valence-corrected chi connectivity index (χ4v) is 4.15. The molecule has 0 saturated carbocycles. The maximum absolute atomic E-state index is 13.6. The average Bonchev–Trinajstić information content (AvgIpc) is 3.08. The zero-order valence-electron chi connectivity index (χ0n) is 16.9. The van der Waals surface area contributed by atoms with Crippen molar-refractivity contribution < 1.29 is 18.4 Å². The molecule has 164 valence electrons. The van der Waals surface area contributed by atoms with E-state index in [0.29, 0.717) is 16.1 Å². The van der Waals surface area contributed by atoms with Gasteiger partial charge >= 0.3 is 0 Å². The number of allylic oxidation sites excluding steroid dienone is 2. The second-order valence-corrected chi connectivity index (χ2v) is 8.23. The van der Waals surface area contributed by atoms with Gasteiger partial charge in [0.2, 0.25) is 5.91 Å². The lowest BCUT2D eigenvalue weighted by molar-refractivity contribution is -0.131. The molecule has 2 amide bonds. The van der Waals surface area contributed by atoms with Crippen molar-refractivity contribution in [2.24, 2.45) is 0 Å². The highest BCUT2D eigenvalue weighted by Gasteiger charge is 2.47. The molecule has 4 rings (SSSR count). The summed E-state index contributed by atoms with van der Waals surface area (Å²) in [6.07, 6.45) is 4.01. The lowest BCUT2D eigenvalue weighted by Crippen LogP contribution is -2.43. The number of nitriles is 1. The minimum absolute atomic E-state index is 0.345. The van der Waals surface area contributed by atoms with Crippen LogP contribution in [0.25, 0.3) is 11.1 Å². The van der Waals surface area contributed by atoms with Crippen LogP contribution in [0, 0.1) is 11.3 Å². The average molecular weight is 457 g/mol. The molecule has 1 saturated heterocycles. The molecule has 1 aliphatic heterocycles. The summed E-state index contributed by atoms with van der Waals surface area (Å²) in [5.41, 5.74) is 4.10. The number of nitrogens with zero attached hydrogens (tertiary/aromatic N) is 3. The van der Waals surface area contributed by atoms with Gasteiger partial charge in [0.15, 0.2) is 0 Å². The Morgan fingerprint density at radius 1 is 1.22 bits per heavy atom. The molecular formula is C23H19ClF2N4O2. The number of likely N-dealkylation sites (tertiary alicyclic amines) is 1. The van der Waals surface area contributed by atoms with E-state index in [1.54, 1.807) is 30.5 Å². The van der Waals surface area contributed by atoms with Crippen molar-refractivity contribution in [1.29, 1.82) is 5.26 Å². The smallest absolute Gasteiger partial charge is 0.268 e. The Kier molecular flexibility index (Phi) is 5.94. The van der Waals surface area contributed by atoms with Gasteiger partial charge in [-0.25, -0.2) is 8.78 Å². The highest BCUT2D eigenvalue weighted by atomic mass is 35.5. The zero-order valence-corrected chi connectivity index (χ0v) is 17.7. The number of aromatic nitrogens is 1. The van der Waals surface area contributed by atoms with E-state index in [4.69, 9.17) is 16.9 Å². The van der Waals surface area contributed by atoms with Gasteiger partial charge in [-0.05, 0) is 47.8 Å². The molecule has 2 heterocycles. The molecule has 1 fully saturated rings. The van der Waals surface area contributed by atoms with E-state index >= 15 is 0 Å². The summed E-state index contributed by atoms with van der Waals surface area (Å²) in [5.74, 6) is -4.33. The summed E-state index contributed by atoms with van der Waals surface area (Å²) >= 11 is 5.97. The van der Waals surface area contributed by atoms with E-state index in [2.05, 4.69) is 10.3 Å². The van der Waals surface area contributed by atoms with E-state index < -0.39 is 43.3 Å². The Balaban J connectivity index is 1.50. The van der Waals surface area contributed by atoms with Crippen LogP contribution in [-0.2, 0) is 4.79 Å². The number of amides is 2. The molecule has 2 aromatic rings. The molecular weight excluding hydrogens is 438 g/mol. The zero-order chi connectivity index (χ0) is 22.9. The van der Waals surface area contributed by atoms with Crippen LogP contribution in [0.3, 0.4) is 0 Å². The fourth-order valence-electron chi connectivity index (χ4n) is 4.02. The number of rotatable bonds is 5. The number of halogens is 3. The van der Waals surface area contributed by atoms with Gasteiger partial charge < -0.3 is 10.2 Å². The number of hydrogen-bond acceptors (Lipinski definition) is 4. The van der Waals surface area contributed by atoms with Crippen molar-refractivity contribution in [2.75, 3.05) is 13.1 Å². The molecule has 0 spiro atoms. The van der Waals surface area contributed by atoms with Crippen molar-refractivity contribution in [2.45, 2.75) is 31.2 Å². The molecule has 1 aromatic carbocycles. The van der Waals surface area contributed by atoms with Crippen LogP contribution >= 0.6 is 11.6 Å². The Hall–Kier alpha value is -3.31. The minimum Gasteiger partial charge on any atom is -0.343 e. The van der Waals surface area contributed by atoms with Gasteiger partial charge in [-0.3, -0.25) is 14.6 Å². The first-order valence-electron chi connectivity index (χ1n) is 10.1. The van der Waals surface area contributed by atoms with Crippen molar-refractivity contribution in [3.63, 3.8) is 0 Å². The summed E-state index contributed by atoms with van der Waals surface area (Å²) in [5, 5.41) is 12.2. The van der Waals surface area contributed by atoms with Gasteiger partial charge in [0.05, 0.1) is 19.2 Å². The molecule has 9 heteroatoms. The van der Waals surface area contributed by atoms with Crippen molar-refractivity contribution in [1.82, 2.24) is 15.2 Å². The molecule has 6 nitrogen and oxygen atoms in total. The number of alkyl halides is 2. The highest BCUT2D eigenvalue weighted by Crippen LogP contribution is 2.43. The Labute approximate surface area is 188 Å². The van der Waals surface area contributed by atoms with Crippen LogP contribution in [-0.4, -0.2) is 46.8 Å². The summed E-state index contributed by atoms with van der Waals surface area (Å²) < 4.78 is 27.2. The van der Waals surface area contributed by atoms with Gasteiger partial charge in [0, 0.05) is 35.0 Å². The second-order valence-electron chi connectivity index (χ2n) is 7.79. The summed E-state index contributed by atoms with van der Waals surface area (Å²) in [6, 6.07) is 9.53. The first-order valence-corrected chi connectivity index (χ1v) is 10.4. The SMILES string of the molecule is N#CC1CC(F)(F)CN1C(=O)CNC(=O)c1ccncc1C1=C(c2ccc(Cl)cc2)CC1. The number of benzene rings is 1. The monoisotopic (exact) mass is 456 g/mol. The fraction of sp³-hybridized carbons (Fsp3) is 0.304. The van der Waals surface area contributed by atoms with Gasteiger partial charge in [0.1, 0.15) is 6.04 Å². The summed E-state index contributed by atoms with van der Waals surface area (Å²) in [6.45, 7) is -1.30. The Bertz CT molecular complexity index is 1140. The van der Waals surface area contributed by atoms with Crippen LogP contribution in [0.4, 0.5) is 8.78 Å². The van der Waals surface area contributed by atoms with Gasteiger partial charge in [0.25, 0.3) is 11.8 Å². The molecule has 0 radical (unpaired) electrons. The van der Waals surface area contributed by atoms with E-state index in [9.17, 15) is 18.4 Å². The Morgan fingerprint density at radius 3 is 2.59 bits per heavy atom. The normalized spacial score (nSPS) is 19.3. The maximum Gasteiger partial charge on any atom is 0.268 e. The number of hydrogen-bond donors (Lipinski definition) is 1. The van der Waals surface area contributed by atoms with E-state index in [0.717, 1.165) is 34.5 Å². The van der Waals surface area contributed by atoms with Crippen molar-refractivity contribution >= 4 is 34.6 Å². The van der Waals surface area contributed by atoms with Gasteiger partial charge in [-0.15, -0.1) is 0 Å².